The largest absolute Gasteiger partial charge is 0.382 e. The monoisotopic (exact) mass is 378 g/mol. The third kappa shape index (κ3) is 4.26. The number of hydrogen-bond acceptors (Lipinski definition) is 6. The SMILES string of the molecule is Cc1cc(-c2cc(N)n[nH]2)c[nH]c1=O.Cc1cc(-c2cc(N)n[nH]2)cnc1C. The highest BCUT2D eigenvalue weighted by molar-refractivity contribution is 5.62. The van der Waals surface area contributed by atoms with Gasteiger partial charge in [0.2, 0.25) is 0 Å². The molecule has 0 aliphatic heterocycles. The van der Waals surface area contributed by atoms with Crippen LogP contribution in [0.5, 0.6) is 0 Å². The molecule has 4 aromatic heterocycles. The van der Waals surface area contributed by atoms with Crippen molar-refractivity contribution in [2.45, 2.75) is 20.8 Å². The Morgan fingerprint density at radius 1 is 0.821 bits per heavy atom. The lowest BCUT2D eigenvalue weighted by Gasteiger charge is -2.01. The van der Waals surface area contributed by atoms with Crippen molar-refractivity contribution in [2.75, 3.05) is 11.5 Å². The van der Waals surface area contributed by atoms with Crippen LogP contribution in [0, 0.1) is 20.8 Å². The van der Waals surface area contributed by atoms with Crippen LogP contribution in [0.4, 0.5) is 11.6 Å². The van der Waals surface area contributed by atoms with E-state index in [1.807, 2.05) is 20.0 Å². The van der Waals surface area contributed by atoms with E-state index in [1.54, 1.807) is 31.3 Å². The van der Waals surface area contributed by atoms with Crippen molar-refractivity contribution in [2.24, 2.45) is 0 Å². The van der Waals surface area contributed by atoms with E-state index < -0.39 is 0 Å². The van der Waals surface area contributed by atoms with Crippen molar-refractivity contribution < 1.29 is 0 Å². The summed E-state index contributed by atoms with van der Waals surface area (Å²) in [7, 11) is 0. The van der Waals surface area contributed by atoms with Crippen LogP contribution in [0.1, 0.15) is 16.8 Å². The van der Waals surface area contributed by atoms with Crippen LogP contribution in [0.3, 0.4) is 0 Å². The van der Waals surface area contributed by atoms with Crippen LogP contribution in [0.2, 0.25) is 0 Å². The van der Waals surface area contributed by atoms with Gasteiger partial charge in [-0.3, -0.25) is 20.0 Å². The van der Waals surface area contributed by atoms with Crippen LogP contribution < -0.4 is 17.0 Å². The van der Waals surface area contributed by atoms with Gasteiger partial charge in [0, 0.05) is 46.9 Å². The summed E-state index contributed by atoms with van der Waals surface area (Å²) in [5.74, 6) is 0.932. The van der Waals surface area contributed by atoms with Gasteiger partial charge in [-0.05, 0) is 38.5 Å². The van der Waals surface area contributed by atoms with Crippen molar-refractivity contribution in [3.05, 3.63) is 63.8 Å². The number of aryl methyl sites for hydroxylation is 3. The fraction of sp³-hybridized carbons (Fsp3) is 0.158. The molecule has 0 radical (unpaired) electrons. The first-order valence-corrected chi connectivity index (χ1v) is 8.58. The zero-order chi connectivity index (χ0) is 20.3. The summed E-state index contributed by atoms with van der Waals surface area (Å²) < 4.78 is 0. The topological polar surface area (TPSA) is 155 Å². The minimum absolute atomic E-state index is 0.0822. The Morgan fingerprint density at radius 3 is 1.89 bits per heavy atom. The Bertz CT molecular complexity index is 1150. The number of aromatic nitrogens is 6. The molecule has 144 valence electrons. The van der Waals surface area contributed by atoms with Crippen molar-refractivity contribution >= 4 is 11.6 Å². The zero-order valence-corrected chi connectivity index (χ0v) is 15.9. The molecule has 0 spiro atoms. The van der Waals surface area contributed by atoms with E-state index in [2.05, 4.69) is 36.4 Å². The summed E-state index contributed by atoms with van der Waals surface area (Å²) >= 11 is 0. The number of H-pyrrole nitrogens is 3. The van der Waals surface area contributed by atoms with Gasteiger partial charge in [-0.2, -0.15) is 10.2 Å². The Hall–Kier alpha value is -3.88. The molecule has 0 atom stereocenters. The lowest BCUT2D eigenvalue weighted by molar-refractivity contribution is 1.09. The second-order valence-electron chi connectivity index (χ2n) is 6.44. The number of pyridine rings is 2. The molecule has 0 amide bonds. The van der Waals surface area contributed by atoms with Crippen LogP contribution >= 0.6 is 0 Å². The molecular formula is C19H22N8O. The lowest BCUT2D eigenvalue weighted by atomic mass is 10.1. The lowest BCUT2D eigenvalue weighted by Crippen LogP contribution is -2.07. The van der Waals surface area contributed by atoms with E-state index in [9.17, 15) is 4.79 Å². The average Bonchev–Trinajstić information content (AvgIpc) is 3.29. The molecule has 4 aromatic rings. The molecule has 0 unspecified atom stereocenters. The molecular weight excluding hydrogens is 356 g/mol. The normalized spacial score (nSPS) is 10.4. The van der Waals surface area contributed by atoms with Gasteiger partial charge in [0.15, 0.2) is 0 Å². The molecule has 0 bridgehead atoms. The van der Waals surface area contributed by atoms with Gasteiger partial charge in [-0.1, -0.05) is 0 Å². The first-order chi connectivity index (χ1) is 13.3. The second kappa shape index (κ2) is 7.78. The van der Waals surface area contributed by atoms with E-state index in [1.165, 1.54) is 0 Å². The summed E-state index contributed by atoms with van der Waals surface area (Å²) in [4.78, 5) is 18.0. The minimum Gasteiger partial charge on any atom is -0.382 e. The van der Waals surface area contributed by atoms with Gasteiger partial charge >= 0.3 is 0 Å². The zero-order valence-electron chi connectivity index (χ0n) is 15.9. The first-order valence-electron chi connectivity index (χ1n) is 8.58. The van der Waals surface area contributed by atoms with Crippen LogP contribution in [-0.4, -0.2) is 30.4 Å². The molecule has 0 aliphatic rings. The Balaban J connectivity index is 0.000000161. The Morgan fingerprint density at radius 2 is 1.39 bits per heavy atom. The number of nitrogens with zero attached hydrogens (tertiary/aromatic N) is 3. The fourth-order valence-electron chi connectivity index (χ4n) is 2.51. The predicted molar refractivity (Wildman–Crippen MR) is 109 cm³/mol. The van der Waals surface area contributed by atoms with Gasteiger partial charge in [-0.15, -0.1) is 0 Å². The summed E-state index contributed by atoms with van der Waals surface area (Å²) in [5, 5.41) is 13.3. The van der Waals surface area contributed by atoms with E-state index in [0.717, 1.165) is 33.8 Å². The third-order valence-electron chi connectivity index (χ3n) is 4.25. The average molecular weight is 378 g/mol. The highest BCUT2D eigenvalue weighted by Gasteiger charge is 2.04. The van der Waals surface area contributed by atoms with Gasteiger partial charge < -0.3 is 16.5 Å². The molecule has 0 saturated carbocycles. The molecule has 7 N–H and O–H groups in total. The molecule has 28 heavy (non-hydrogen) atoms. The third-order valence-corrected chi connectivity index (χ3v) is 4.25. The molecule has 9 heteroatoms. The number of hydrogen-bond donors (Lipinski definition) is 5. The van der Waals surface area contributed by atoms with Gasteiger partial charge in [0.05, 0.1) is 11.4 Å². The van der Waals surface area contributed by atoms with Gasteiger partial charge in [0.25, 0.3) is 5.56 Å². The summed E-state index contributed by atoms with van der Waals surface area (Å²) in [5.41, 5.74) is 17.3. The van der Waals surface area contributed by atoms with E-state index in [0.29, 0.717) is 17.2 Å². The standard InChI is InChI=1S/C10H12N4.C9H10N4O/c1-6-3-8(5-12-7(6)2)9-4-10(11)14-13-9;1-5-2-6(4-11-9(5)14)7-3-8(10)13-12-7/h3-5H,1-2H3,(H3,11,13,14);2-4H,1H3,(H,11,14)(H3,10,12,13). The quantitative estimate of drug-likeness (QED) is 0.360. The molecule has 0 saturated heterocycles. The predicted octanol–water partition coefficient (Wildman–Crippen LogP) is 2.33. The van der Waals surface area contributed by atoms with Crippen molar-refractivity contribution in [3.63, 3.8) is 0 Å². The maximum absolute atomic E-state index is 11.1. The number of nitrogen functional groups attached to an aromatic ring is 2. The highest BCUT2D eigenvalue weighted by atomic mass is 16.1. The molecule has 0 fully saturated rings. The smallest absolute Gasteiger partial charge is 0.250 e. The summed E-state index contributed by atoms with van der Waals surface area (Å²) in [6.07, 6.45) is 3.44. The highest BCUT2D eigenvalue weighted by Crippen LogP contribution is 2.19. The molecule has 0 aromatic carbocycles. The van der Waals surface area contributed by atoms with Crippen molar-refractivity contribution in [3.8, 4) is 22.5 Å². The molecule has 9 nitrogen and oxygen atoms in total. The fourth-order valence-corrected chi connectivity index (χ4v) is 2.51. The van der Waals surface area contributed by atoms with E-state index >= 15 is 0 Å². The van der Waals surface area contributed by atoms with Gasteiger partial charge in [0.1, 0.15) is 11.6 Å². The number of nitrogens with two attached hydrogens (primary N) is 2. The second-order valence-corrected chi connectivity index (χ2v) is 6.44. The summed E-state index contributed by atoms with van der Waals surface area (Å²) in [6.45, 7) is 5.77. The Kier molecular flexibility index (Phi) is 5.25. The minimum atomic E-state index is -0.0822. The first kappa shape index (κ1) is 18.9. The number of rotatable bonds is 2. The van der Waals surface area contributed by atoms with Crippen LogP contribution in [0.25, 0.3) is 22.5 Å². The van der Waals surface area contributed by atoms with E-state index in [4.69, 9.17) is 11.5 Å². The summed E-state index contributed by atoms with van der Waals surface area (Å²) in [6, 6.07) is 7.36. The Labute approximate surface area is 161 Å². The van der Waals surface area contributed by atoms with Crippen LogP contribution in [-0.2, 0) is 0 Å². The van der Waals surface area contributed by atoms with Crippen molar-refractivity contribution in [1.29, 1.82) is 0 Å². The number of anilines is 2. The maximum Gasteiger partial charge on any atom is 0.250 e. The molecule has 0 aliphatic carbocycles. The number of nitrogens with one attached hydrogen (secondary N) is 3. The maximum atomic E-state index is 11.1. The van der Waals surface area contributed by atoms with Gasteiger partial charge in [-0.25, -0.2) is 0 Å². The molecule has 4 heterocycles. The van der Waals surface area contributed by atoms with Crippen molar-refractivity contribution in [1.82, 2.24) is 30.4 Å². The van der Waals surface area contributed by atoms with Crippen LogP contribution in [0.15, 0.2) is 41.5 Å². The molecule has 4 rings (SSSR count). The number of aromatic amines is 3. The van der Waals surface area contributed by atoms with E-state index in [-0.39, 0.29) is 5.56 Å².